The molecule has 0 radical (unpaired) electrons. The third kappa shape index (κ3) is 2.55. The second-order valence-corrected chi connectivity index (χ2v) is 6.21. The Morgan fingerprint density at radius 1 is 1.42 bits per heavy atom. The van der Waals surface area contributed by atoms with Crippen LogP contribution in [0.25, 0.3) is 0 Å². The Balaban J connectivity index is 1.93. The van der Waals surface area contributed by atoms with Gasteiger partial charge in [-0.3, -0.25) is 0 Å². The molecule has 12 heavy (non-hydrogen) atoms. The standard InChI is InChI=1S/C8H8S4/c9-7(8-10-3-4-11-8)12-5-6-1-2-6/h3-5,9H,1-2H2. The Morgan fingerprint density at radius 2 is 2.08 bits per heavy atom. The molecule has 0 N–H and O–H groups in total. The van der Waals surface area contributed by atoms with Crippen LogP contribution in [0.3, 0.4) is 0 Å². The Hall–Kier alpha value is 0.620. The van der Waals surface area contributed by atoms with Gasteiger partial charge in [0.25, 0.3) is 0 Å². The zero-order chi connectivity index (χ0) is 8.39. The summed E-state index contributed by atoms with van der Waals surface area (Å²) >= 11 is 9.70. The molecule has 4 heteroatoms. The van der Waals surface area contributed by atoms with Crippen molar-refractivity contribution in [2.24, 2.45) is 0 Å². The maximum Gasteiger partial charge on any atom is 0.0688 e. The molecule has 1 aliphatic heterocycles. The van der Waals surface area contributed by atoms with Gasteiger partial charge in [0.15, 0.2) is 0 Å². The minimum Gasteiger partial charge on any atom is -0.135 e. The van der Waals surface area contributed by atoms with Crippen LogP contribution in [0, 0.1) is 0 Å². The highest BCUT2D eigenvalue weighted by molar-refractivity contribution is 8.30. The molecule has 1 heterocycles. The predicted molar refractivity (Wildman–Crippen MR) is 65.2 cm³/mol. The van der Waals surface area contributed by atoms with E-state index in [0.29, 0.717) is 0 Å². The van der Waals surface area contributed by atoms with Gasteiger partial charge in [-0.2, -0.15) is 0 Å². The Bertz CT molecular complexity index is 259. The van der Waals surface area contributed by atoms with Crippen molar-refractivity contribution in [3.63, 3.8) is 0 Å². The lowest BCUT2D eigenvalue weighted by molar-refractivity contribution is 1.50. The summed E-state index contributed by atoms with van der Waals surface area (Å²) in [5.74, 6) is 0. The lowest BCUT2D eigenvalue weighted by Crippen LogP contribution is -1.63. The first-order valence-electron chi connectivity index (χ1n) is 3.62. The van der Waals surface area contributed by atoms with Crippen LogP contribution in [0.5, 0.6) is 0 Å². The summed E-state index contributed by atoms with van der Waals surface area (Å²) in [5, 5.41) is 6.43. The van der Waals surface area contributed by atoms with Crippen molar-refractivity contribution in [1.29, 1.82) is 0 Å². The molecule has 0 aromatic heterocycles. The quantitative estimate of drug-likeness (QED) is 0.701. The summed E-state index contributed by atoms with van der Waals surface area (Å²) in [7, 11) is 0. The first-order chi connectivity index (χ1) is 5.86. The molecule has 2 rings (SSSR count). The molecule has 0 amide bonds. The van der Waals surface area contributed by atoms with Crippen LogP contribution in [-0.4, -0.2) is 0 Å². The molecular formula is C8H8S4. The van der Waals surface area contributed by atoms with Gasteiger partial charge in [0, 0.05) is 0 Å². The largest absolute Gasteiger partial charge is 0.135 e. The average Bonchev–Trinajstić information content (AvgIpc) is 2.74. The van der Waals surface area contributed by atoms with Gasteiger partial charge in [-0.25, -0.2) is 0 Å². The third-order valence-corrected chi connectivity index (χ3v) is 5.57. The highest BCUT2D eigenvalue weighted by Crippen LogP contribution is 2.45. The molecule has 2 aliphatic rings. The molecule has 0 spiro atoms. The number of hydrogen-bond acceptors (Lipinski definition) is 4. The maximum absolute atomic E-state index is 4.44. The van der Waals surface area contributed by atoms with E-state index in [2.05, 4.69) is 28.9 Å². The minimum absolute atomic E-state index is 1.13. The second-order valence-electron chi connectivity index (χ2n) is 2.49. The van der Waals surface area contributed by atoms with Crippen molar-refractivity contribution in [3.8, 4) is 0 Å². The van der Waals surface area contributed by atoms with E-state index in [9.17, 15) is 0 Å². The molecule has 1 saturated carbocycles. The number of hydrogen-bond donors (Lipinski definition) is 1. The normalized spacial score (nSPS) is 20.1. The molecule has 0 nitrogen and oxygen atoms in total. The van der Waals surface area contributed by atoms with Crippen LogP contribution in [0.15, 0.2) is 30.3 Å². The second kappa shape index (κ2) is 4.22. The highest BCUT2D eigenvalue weighted by Gasteiger charge is 2.12. The fourth-order valence-electron chi connectivity index (χ4n) is 0.685. The van der Waals surface area contributed by atoms with E-state index < -0.39 is 0 Å². The summed E-state index contributed by atoms with van der Waals surface area (Å²) < 4.78 is 2.44. The Labute approximate surface area is 90.7 Å². The average molecular weight is 232 g/mol. The van der Waals surface area contributed by atoms with Gasteiger partial charge in [-0.15, -0.1) is 12.6 Å². The molecule has 64 valence electrons. The van der Waals surface area contributed by atoms with Gasteiger partial charge >= 0.3 is 0 Å². The van der Waals surface area contributed by atoms with E-state index in [-0.39, 0.29) is 0 Å². The SMILES string of the molecule is SC(SC=C1CC1)=C1SC=CS1. The number of allylic oxidation sites excluding steroid dienone is 1. The first-order valence-corrected chi connectivity index (χ1v) is 6.71. The fraction of sp³-hybridized carbons (Fsp3) is 0.250. The molecule has 0 aromatic rings. The zero-order valence-corrected chi connectivity index (χ0v) is 9.66. The van der Waals surface area contributed by atoms with Crippen molar-refractivity contribution < 1.29 is 0 Å². The molecular weight excluding hydrogens is 224 g/mol. The van der Waals surface area contributed by atoms with Gasteiger partial charge in [0.05, 0.1) is 8.47 Å². The first kappa shape index (κ1) is 9.19. The Morgan fingerprint density at radius 3 is 2.67 bits per heavy atom. The summed E-state index contributed by atoms with van der Waals surface area (Å²) in [5.41, 5.74) is 1.56. The highest BCUT2D eigenvalue weighted by atomic mass is 32.2. The lowest BCUT2D eigenvalue weighted by Gasteiger charge is -1.98. The molecule has 0 unspecified atom stereocenters. The van der Waals surface area contributed by atoms with Crippen LogP contribution < -0.4 is 0 Å². The van der Waals surface area contributed by atoms with Crippen molar-refractivity contribution in [2.45, 2.75) is 12.8 Å². The smallest absolute Gasteiger partial charge is 0.0688 e. The molecule has 0 saturated heterocycles. The number of thioether (sulfide) groups is 3. The van der Waals surface area contributed by atoms with E-state index in [0.717, 1.165) is 4.24 Å². The number of thiol groups is 1. The molecule has 0 atom stereocenters. The van der Waals surface area contributed by atoms with Crippen molar-refractivity contribution in [3.05, 3.63) is 30.3 Å². The Kier molecular flexibility index (Phi) is 3.23. The van der Waals surface area contributed by atoms with Crippen molar-refractivity contribution in [2.75, 3.05) is 0 Å². The van der Waals surface area contributed by atoms with Crippen LogP contribution in [0.2, 0.25) is 0 Å². The van der Waals surface area contributed by atoms with E-state index in [1.165, 1.54) is 17.1 Å². The van der Waals surface area contributed by atoms with Crippen molar-refractivity contribution in [1.82, 2.24) is 0 Å². The fourth-order valence-corrected chi connectivity index (χ4v) is 3.80. The predicted octanol–water partition coefficient (Wildman–Crippen LogP) is 4.40. The van der Waals surface area contributed by atoms with Crippen LogP contribution in [0.4, 0.5) is 0 Å². The maximum atomic E-state index is 4.44. The number of rotatable bonds is 2. The molecule has 0 aromatic carbocycles. The third-order valence-electron chi connectivity index (χ3n) is 1.46. The van der Waals surface area contributed by atoms with Crippen LogP contribution in [0.1, 0.15) is 12.8 Å². The molecule has 1 fully saturated rings. The lowest BCUT2D eigenvalue weighted by atomic mass is 10.7. The van der Waals surface area contributed by atoms with Gasteiger partial charge in [0.2, 0.25) is 0 Å². The van der Waals surface area contributed by atoms with Gasteiger partial charge in [-0.1, -0.05) is 40.9 Å². The van der Waals surface area contributed by atoms with E-state index in [1.54, 1.807) is 40.9 Å². The summed E-state index contributed by atoms with van der Waals surface area (Å²) in [6.45, 7) is 0. The van der Waals surface area contributed by atoms with Crippen molar-refractivity contribution >= 4 is 47.9 Å². The van der Waals surface area contributed by atoms with Crippen LogP contribution >= 0.6 is 47.9 Å². The zero-order valence-electron chi connectivity index (χ0n) is 6.32. The molecule has 1 aliphatic carbocycles. The monoisotopic (exact) mass is 232 g/mol. The van der Waals surface area contributed by atoms with E-state index in [4.69, 9.17) is 0 Å². The van der Waals surface area contributed by atoms with E-state index >= 15 is 0 Å². The summed E-state index contributed by atoms with van der Waals surface area (Å²) in [4.78, 5) is 0. The van der Waals surface area contributed by atoms with Crippen LogP contribution in [-0.2, 0) is 0 Å². The minimum atomic E-state index is 1.13. The van der Waals surface area contributed by atoms with Gasteiger partial charge < -0.3 is 0 Å². The van der Waals surface area contributed by atoms with Gasteiger partial charge in [-0.05, 0) is 29.1 Å². The van der Waals surface area contributed by atoms with Gasteiger partial charge in [0.1, 0.15) is 0 Å². The van der Waals surface area contributed by atoms with E-state index in [1.807, 2.05) is 0 Å². The summed E-state index contributed by atoms with van der Waals surface area (Å²) in [6.07, 6.45) is 2.59. The summed E-state index contributed by atoms with van der Waals surface area (Å²) in [6, 6.07) is 0. The molecule has 0 bridgehead atoms. The topological polar surface area (TPSA) is 0 Å².